The third kappa shape index (κ3) is 4.82. The van der Waals surface area contributed by atoms with Crippen LogP contribution in [0.1, 0.15) is 18.1 Å². The van der Waals surface area contributed by atoms with E-state index < -0.39 is 0 Å². The Morgan fingerprint density at radius 2 is 1.61 bits per heavy atom. The number of halogens is 1. The van der Waals surface area contributed by atoms with E-state index in [1.165, 1.54) is 10.5 Å². The van der Waals surface area contributed by atoms with Crippen LogP contribution < -0.4 is 5.32 Å². The van der Waals surface area contributed by atoms with Gasteiger partial charge >= 0.3 is 0 Å². The zero-order chi connectivity index (χ0) is 21.8. The molecule has 6 nitrogen and oxygen atoms in total. The van der Waals surface area contributed by atoms with Crippen LogP contribution in [0.15, 0.2) is 54.2 Å². The summed E-state index contributed by atoms with van der Waals surface area (Å²) in [5.41, 5.74) is 3.33. The Kier molecular flexibility index (Phi) is 6.70. The van der Waals surface area contributed by atoms with Gasteiger partial charge in [0.25, 0.3) is 11.8 Å². The van der Waals surface area contributed by atoms with Crippen molar-refractivity contribution in [3.63, 3.8) is 0 Å². The molecule has 0 aromatic heterocycles. The molecule has 0 aliphatic carbocycles. The average molecular weight is 440 g/mol. The number of carbonyl (C=O) groups is 2. The number of carbonyl (C=O) groups excluding carboxylic acids is 2. The number of rotatable bonds is 7. The molecular weight excluding hydrogens is 414 g/mol. The number of anilines is 1. The lowest BCUT2D eigenvalue weighted by Crippen LogP contribution is -2.43. The Bertz CT molecular complexity index is 980. The highest BCUT2D eigenvalue weighted by molar-refractivity contribution is 6.36. The highest BCUT2D eigenvalue weighted by atomic mass is 35.5. The molecule has 31 heavy (non-hydrogen) atoms. The summed E-state index contributed by atoms with van der Waals surface area (Å²) in [6, 6.07) is 14.9. The quantitative estimate of drug-likeness (QED) is 0.670. The van der Waals surface area contributed by atoms with Crippen molar-refractivity contribution >= 4 is 34.7 Å². The topological polar surface area (TPSA) is 61.9 Å². The van der Waals surface area contributed by atoms with E-state index in [4.69, 9.17) is 16.3 Å². The average Bonchev–Trinajstić information content (AvgIpc) is 3.03. The SMILES string of the molecule is CCc1ccc(NC2=C(c3ccc(Cl)cc3)C(=O)N(CCN3CCOCC3)C2=O)cc1. The van der Waals surface area contributed by atoms with Crippen LogP contribution in [-0.2, 0) is 20.7 Å². The van der Waals surface area contributed by atoms with E-state index in [1.807, 2.05) is 24.3 Å². The standard InChI is InChI=1S/C24H26ClN3O3/c1-2-17-3-9-20(10-4-17)26-22-21(18-5-7-19(25)8-6-18)23(29)28(24(22)30)12-11-27-13-15-31-16-14-27/h3-10,26H,2,11-16H2,1H3. The van der Waals surface area contributed by atoms with Crippen LogP contribution in [0.5, 0.6) is 0 Å². The maximum Gasteiger partial charge on any atom is 0.278 e. The van der Waals surface area contributed by atoms with Gasteiger partial charge in [0.15, 0.2) is 0 Å². The van der Waals surface area contributed by atoms with Gasteiger partial charge in [-0.05, 0) is 41.8 Å². The molecule has 2 aromatic carbocycles. The highest BCUT2D eigenvalue weighted by Gasteiger charge is 2.39. The first kappa shape index (κ1) is 21.6. The molecule has 0 bridgehead atoms. The van der Waals surface area contributed by atoms with Gasteiger partial charge in [0, 0.05) is 36.9 Å². The zero-order valence-corrected chi connectivity index (χ0v) is 18.3. The summed E-state index contributed by atoms with van der Waals surface area (Å²) >= 11 is 6.03. The summed E-state index contributed by atoms with van der Waals surface area (Å²) in [7, 11) is 0. The summed E-state index contributed by atoms with van der Waals surface area (Å²) in [6.07, 6.45) is 0.936. The molecule has 0 unspecified atom stereocenters. The number of benzene rings is 2. The van der Waals surface area contributed by atoms with Crippen molar-refractivity contribution in [2.45, 2.75) is 13.3 Å². The first-order chi connectivity index (χ1) is 15.1. The van der Waals surface area contributed by atoms with Gasteiger partial charge in [0.05, 0.1) is 18.8 Å². The van der Waals surface area contributed by atoms with Crippen molar-refractivity contribution in [1.82, 2.24) is 9.80 Å². The minimum Gasteiger partial charge on any atom is -0.379 e. The molecule has 7 heteroatoms. The second-order valence-corrected chi connectivity index (χ2v) is 8.08. The molecule has 2 amide bonds. The monoisotopic (exact) mass is 439 g/mol. The number of morpholine rings is 1. The molecule has 0 radical (unpaired) electrons. The van der Waals surface area contributed by atoms with E-state index in [-0.39, 0.29) is 11.8 Å². The van der Waals surface area contributed by atoms with Gasteiger partial charge < -0.3 is 10.1 Å². The van der Waals surface area contributed by atoms with Crippen molar-refractivity contribution < 1.29 is 14.3 Å². The Labute approximate surface area is 187 Å². The van der Waals surface area contributed by atoms with Crippen LogP contribution in [-0.4, -0.2) is 61.0 Å². The highest BCUT2D eigenvalue weighted by Crippen LogP contribution is 2.31. The normalized spacial score (nSPS) is 17.5. The van der Waals surface area contributed by atoms with Crippen LogP contribution in [0.25, 0.3) is 5.57 Å². The van der Waals surface area contributed by atoms with Gasteiger partial charge in [0.2, 0.25) is 0 Å². The smallest absolute Gasteiger partial charge is 0.278 e. The van der Waals surface area contributed by atoms with Gasteiger partial charge in [-0.2, -0.15) is 0 Å². The molecule has 1 saturated heterocycles. The second-order valence-electron chi connectivity index (χ2n) is 7.65. The third-order valence-corrected chi connectivity index (χ3v) is 5.93. The number of hydrogen-bond acceptors (Lipinski definition) is 5. The fraction of sp³-hybridized carbons (Fsp3) is 0.333. The fourth-order valence-corrected chi connectivity index (χ4v) is 3.94. The van der Waals surface area contributed by atoms with Crippen LogP contribution in [0.4, 0.5) is 5.69 Å². The maximum absolute atomic E-state index is 13.3. The number of nitrogens with zero attached hydrogens (tertiary/aromatic N) is 2. The van der Waals surface area contributed by atoms with Crippen molar-refractivity contribution in [3.05, 3.63) is 70.4 Å². The molecule has 2 aromatic rings. The molecule has 1 N–H and O–H groups in total. The van der Waals surface area contributed by atoms with Crippen LogP contribution in [0.2, 0.25) is 5.02 Å². The minimum atomic E-state index is -0.303. The van der Waals surface area contributed by atoms with E-state index in [0.717, 1.165) is 25.2 Å². The van der Waals surface area contributed by atoms with E-state index in [0.29, 0.717) is 48.2 Å². The van der Waals surface area contributed by atoms with Crippen LogP contribution in [0.3, 0.4) is 0 Å². The lowest BCUT2D eigenvalue weighted by Gasteiger charge is -2.28. The van der Waals surface area contributed by atoms with Gasteiger partial charge in [-0.1, -0.05) is 42.8 Å². The summed E-state index contributed by atoms with van der Waals surface area (Å²) in [4.78, 5) is 30.1. The van der Waals surface area contributed by atoms with Gasteiger partial charge in [-0.15, -0.1) is 0 Å². The number of nitrogens with one attached hydrogen (secondary N) is 1. The Balaban J connectivity index is 1.60. The lowest BCUT2D eigenvalue weighted by molar-refractivity contribution is -0.137. The predicted molar refractivity (Wildman–Crippen MR) is 122 cm³/mol. The Hall–Kier alpha value is -2.67. The van der Waals surface area contributed by atoms with E-state index in [2.05, 4.69) is 17.1 Å². The van der Waals surface area contributed by atoms with Crippen molar-refractivity contribution in [1.29, 1.82) is 0 Å². The molecule has 2 heterocycles. The van der Waals surface area contributed by atoms with E-state index in [9.17, 15) is 9.59 Å². The molecule has 0 saturated carbocycles. The van der Waals surface area contributed by atoms with Crippen molar-refractivity contribution in [3.8, 4) is 0 Å². The number of amides is 2. The molecule has 0 spiro atoms. The van der Waals surface area contributed by atoms with Gasteiger partial charge in [0.1, 0.15) is 5.70 Å². The number of imide groups is 1. The maximum atomic E-state index is 13.3. The number of aryl methyl sites for hydroxylation is 1. The summed E-state index contributed by atoms with van der Waals surface area (Å²) < 4.78 is 5.38. The molecule has 1 fully saturated rings. The largest absolute Gasteiger partial charge is 0.379 e. The van der Waals surface area contributed by atoms with Gasteiger partial charge in [-0.25, -0.2) is 0 Å². The minimum absolute atomic E-state index is 0.284. The predicted octanol–water partition coefficient (Wildman–Crippen LogP) is 3.43. The summed E-state index contributed by atoms with van der Waals surface area (Å²) in [5.74, 6) is -0.587. The molecular formula is C24H26ClN3O3. The van der Waals surface area contributed by atoms with E-state index in [1.54, 1.807) is 24.3 Å². The summed E-state index contributed by atoms with van der Waals surface area (Å²) in [5, 5.41) is 3.78. The molecule has 4 rings (SSSR count). The molecule has 0 atom stereocenters. The summed E-state index contributed by atoms with van der Waals surface area (Å²) in [6.45, 7) is 6.04. The lowest BCUT2D eigenvalue weighted by atomic mass is 10.0. The molecule has 2 aliphatic heterocycles. The fourth-order valence-electron chi connectivity index (χ4n) is 3.81. The molecule has 2 aliphatic rings. The molecule has 162 valence electrons. The Morgan fingerprint density at radius 3 is 2.26 bits per heavy atom. The van der Waals surface area contributed by atoms with Crippen molar-refractivity contribution in [2.24, 2.45) is 0 Å². The first-order valence-corrected chi connectivity index (χ1v) is 11.0. The Morgan fingerprint density at radius 1 is 0.935 bits per heavy atom. The van der Waals surface area contributed by atoms with E-state index >= 15 is 0 Å². The van der Waals surface area contributed by atoms with Crippen molar-refractivity contribution in [2.75, 3.05) is 44.7 Å². The third-order valence-electron chi connectivity index (χ3n) is 5.68. The van der Waals surface area contributed by atoms with Crippen LogP contribution >= 0.6 is 11.6 Å². The number of hydrogen-bond donors (Lipinski definition) is 1. The van der Waals surface area contributed by atoms with Gasteiger partial charge in [-0.3, -0.25) is 19.4 Å². The first-order valence-electron chi connectivity index (χ1n) is 10.6. The number of ether oxygens (including phenoxy) is 1. The second kappa shape index (κ2) is 9.64. The van der Waals surface area contributed by atoms with Crippen LogP contribution in [0, 0.1) is 0 Å². The zero-order valence-electron chi connectivity index (χ0n) is 17.6.